The molecule has 0 radical (unpaired) electrons. The Kier molecular flexibility index (Phi) is 14.3. The van der Waals surface area contributed by atoms with Gasteiger partial charge in [0.2, 0.25) is 0 Å². The predicted octanol–water partition coefficient (Wildman–Crippen LogP) is -1.63. The van der Waals surface area contributed by atoms with Gasteiger partial charge in [-0.1, -0.05) is 6.42 Å². The standard InChI is InChI=1S/C6H13N3O3.C6H14N2O2/c7-4(5(10)11)2-1-3-9-6(8)12;7-4-2-1-3-5(8)6(9)10/h4H,1-3,7H2,(H,10,11)(H3,8,9,12);5H,1-4,7-8H2,(H,9,10). The first-order valence-electron chi connectivity index (χ1n) is 6.92. The van der Waals surface area contributed by atoms with Crippen molar-refractivity contribution in [3.8, 4) is 0 Å². The number of carbonyl (C=O) groups excluding carboxylic acids is 1. The van der Waals surface area contributed by atoms with Crippen LogP contribution in [0.3, 0.4) is 0 Å². The van der Waals surface area contributed by atoms with E-state index in [1.54, 1.807) is 0 Å². The van der Waals surface area contributed by atoms with Crippen LogP contribution in [0.1, 0.15) is 32.1 Å². The zero-order valence-electron chi connectivity index (χ0n) is 12.5. The smallest absolute Gasteiger partial charge is 0.320 e. The van der Waals surface area contributed by atoms with E-state index in [2.05, 4.69) is 5.32 Å². The van der Waals surface area contributed by atoms with Gasteiger partial charge < -0.3 is 38.5 Å². The molecule has 0 aliphatic heterocycles. The number of amides is 2. The maximum Gasteiger partial charge on any atom is 0.320 e. The van der Waals surface area contributed by atoms with E-state index in [0.717, 1.165) is 12.8 Å². The maximum atomic E-state index is 10.2. The molecule has 0 bridgehead atoms. The van der Waals surface area contributed by atoms with E-state index >= 15 is 0 Å². The molecule has 11 N–H and O–H groups in total. The van der Waals surface area contributed by atoms with Crippen LogP contribution in [0.25, 0.3) is 0 Å². The lowest BCUT2D eigenvalue weighted by Crippen LogP contribution is -2.33. The molecule has 2 amide bonds. The Labute approximate surface area is 129 Å². The van der Waals surface area contributed by atoms with Gasteiger partial charge in [-0.05, 0) is 32.2 Å². The number of nitrogens with two attached hydrogens (primary N) is 4. The lowest BCUT2D eigenvalue weighted by molar-refractivity contribution is -0.139. The highest BCUT2D eigenvalue weighted by molar-refractivity contribution is 5.73. The van der Waals surface area contributed by atoms with Gasteiger partial charge in [-0.15, -0.1) is 0 Å². The van der Waals surface area contributed by atoms with Gasteiger partial charge in [-0.2, -0.15) is 0 Å². The average Bonchev–Trinajstić information content (AvgIpc) is 2.43. The first-order chi connectivity index (χ1) is 10.2. The Morgan fingerprint density at radius 2 is 1.36 bits per heavy atom. The molecule has 10 heteroatoms. The third kappa shape index (κ3) is 16.1. The van der Waals surface area contributed by atoms with E-state index in [1.165, 1.54) is 0 Å². The SMILES string of the molecule is NC(=O)NCCCC(N)C(=O)O.NCCCCC(N)C(=O)O. The molecule has 22 heavy (non-hydrogen) atoms. The highest BCUT2D eigenvalue weighted by atomic mass is 16.4. The molecule has 0 spiro atoms. The monoisotopic (exact) mass is 321 g/mol. The minimum absolute atomic E-state index is 0.329. The van der Waals surface area contributed by atoms with E-state index in [1.807, 2.05) is 0 Å². The Balaban J connectivity index is 0. The van der Waals surface area contributed by atoms with Crippen molar-refractivity contribution >= 4 is 18.0 Å². The van der Waals surface area contributed by atoms with E-state index in [0.29, 0.717) is 32.4 Å². The first kappa shape index (κ1) is 22.4. The molecule has 0 aliphatic carbocycles. The summed E-state index contributed by atoms with van der Waals surface area (Å²) in [5.74, 6) is -1.97. The second kappa shape index (κ2) is 14.0. The molecule has 0 aliphatic rings. The van der Waals surface area contributed by atoms with E-state index in [-0.39, 0.29) is 0 Å². The zero-order valence-corrected chi connectivity index (χ0v) is 12.5. The highest BCUT2D eigenvalue weighted by Gasteiger charge is 2.10. The Morgan fingerprint density at radius 1 is 0.909 bits per heavy atom. The number of nitrogens with one attached hydrogen (secondary N) is 1. The summed E-state index contributed by atoms with van der Waals surface area (Å²) < 4.78 is 0. The highest BCUT2D eigenvalue weighted by Crippen LogP contribution is 1.97. The van der Waals surface area contributed by atoms with Crippen LogP contribution in [-0.2, 0) is 9.59 Å². The van der Waals surface area contributed by atoms with Gasteiger partial charge in [-0.25, -0.2) is 4.79 Å². The van der Waals surface area contributed by atoms with Gasteiger partial charge in [0, 0.05) is 6.54 Å². The molecule has 0 heterocycles. The molecule has 0 rings (SSSR count). The normalized spacial score (nSPS) is 12.5. The van der Waals surface area contributed by atoms with Crippen molar-refractivity contribution in [1.82, 2.24) is 5.32 Å². The molecular formula is C12H27N5O5. The largest absolute Gasteiger partial charge is 0.480 e. The number of rotatable bonds is 10. The number of urea groups is 1. The number of primary amides is 1. The van der Waals surface area contributed by atoms with Crippen molar-refractivity contribution in [2.75, 3.05) is 13.1 Å². The second-order valence-corrected chi connectivity index (χ2v) is 4.61. The fourth-order valence-corrected chi connectivity index (χ4v) is 1.29. The number of aliphatic carboxylic acids is 2. The van der Waals surface area contributed by atoms with Gasteiger partial charge in [0.15, 0.2) is 0 Å². The molecule has 0 aromatic carbocycles. The fraction of sp³-hybridized carbons (Fsp3) is 0.750. The van der Waals surface area contributed by atoms with E-state index in [4.69, 9.17) is 33.1 Å². The van der Waals surface area contributed by atoms with Crippen LogP contribution in [-0.4, -0.2) is 53.4 Å². The summed E-state index contributed by atoms with van der Waals surface area (Å²) in [7, 11) is 0. The summed E-state index contributed by atoms with van der Waals surface area (Å²) >= 11 is 0. The number of carbonyl (C=O) groups is 3. The van der Waals surface area contributed by atoms with Crippen molar-refractivity contribution in [3.05, 3.63) is 0 Å². The quantitative estimate of drug-likeness (QED) is 0.232. The van der Waals surface area contributed by atoms with Crippen LogP contribution in [0, 0.1) is 0 Å². The van der Waals surface area contributed by atoms with Crippen LogP contribution in [0.5, 0.6) is 0 Å². The topological polar surface area (TPSA) is 208 Å². The van der Waals surface area contributed by atoms with Gasteiger partial charge in [0.05, 0.1) is 0 Å². The first-order valence-corrected chi connectivity index (χ1v) is 6.92. The lowest BCUT2D eigenvalue weighted by Gasteiger charge is -2.05. The van der Waals surface area contributed by atoms with E-state index < -0.39 is 30.1 Å². The predicted molar refractivity (Wildman–Crippen MR) is 80.9 cm³/mol. The summed E-state index contributed by atoms with van der Waals surface area (Å²) in [6, 6.07) is -2.19. The van der Waals surface area contributed by atoms with E-state index in [9.17, 15) is 14.4 Å². The summed E-state index contributed by atoms with van der Waals surface area (Å²) in [6.45, 7) is 0.961. The van der Waals surface area contributed by atoms with Crippen LogP contribution >= 0.6 is 0 Å². The zero-order chi connectivity index (χ0) is 17.5. The van der Waals surface area contributed by atoms with Crippen molar-refractivity contribution in [2.24, 2.45) is 22.9 Å². The van der Waals surface area contributed by atoms with Crippen molar-refractivity contribution in [2.45, 2.75) is 44.2 Å². The van der Waals surface area contributed by atoms with Gasteiger partial charge in [0.25, 0.3) is 0 Å². The second-order valence-electron chi connectivity index (χ2n) is 4.61. The average molecular weight is 321 g/mol. The Hall–Kier alpha value is -1.91. The minimum Gasteiger partial charge on any atom is -0.480 e. The van der Waals surface area contributed by atoms with Gasteiger partial charge in [0.1, 0.15) is 12.1 Å². The van der Waals surface area contributed by atoms with Crippen molar-refractivity contribution in [1.29, 1.82) is 0 Å². The molecule has 2 unspecified atom stereocenters. The summed E-state index contributed by atoms with van der Waals surface area (Å²) in [5, 5.41) is 19.0. The number of hydrogen-bond acceptors (Lipinski definition) is 6. The Bertz CT molecular complexity index is 340. The van der Waals surface area contributed by atoms with Crippen LogP contribution < -0.4 is 28.3 Å². The number of carboxylic acids is 2. The van der Waals surface area contributed by atoms with Crippen LogP contribution in [0.15, 0.2) is 0 Å². The minimum atomic E-state index is -1.03. The van der Waals surface area contributed by atoms with Gasteiger partial charge >= 0.3 is 18.0 Å². The number of hydrogen-bond donors (Lipinski definition) is 7. The maximum absolute atomic E-state index is 10.2. The fourth-order valence-electron chi connectivity index (χ4n) is 1.29. The molecule has 10 nitrogen and oxygen atoms in total. The summed E-state index contributed by atoms with van der Waals surface area (Å²) in [4.78, 5) is 30.5. The number of unbranched alkanes of at least 4 members (excludes halogenated alkanes) is 1. The summed E-state index contributed by atoms with van der Waals surface area (Å²) in [6.07, 6.45) is 3.00. The summed E-state index contributed by atoms with van der Waals surface area (Å²) in [5.41, 5.74) is 20.4. The molecule has 0 aromatic heterocycles. The van der Waals surface area contributed by atoms with Gasteiger partial charge in [-0.3, -0.25) is 9.59 Å². The third-order valence-corrected chi connectivity index (χ3v) is 2.59. The Morgan fingerprint density at radius 3 is 1.73 bits per heavy atom. The molecule has 0 saturated heterocycles. The lowest BCUT2D eigenvalue weighted by atomic mass is 10.1. The molecule has 0 aromatic rings. The molecular weight excluding hydrogens is 294 g/mol. The van der Waals surface area contributed by atoms with Crippen molar-refractivity contribution in [3.63, 3.8) is 0 Å². The molecule has 0 saturated carbocycles. The van der Waals surface area contributed by atoms with Crippen LogP contribution in [0.4, 0.5) is 4.79 Å². The van der Waals surface area contributed by atoms with Crippen LogP contribution in [0.2, 0.25) is 0 Å². The van der Waals surface area contributed by atoms with Crippen molar-refractivity contribution < 1.29 is 24.6 Å². The molecule has 130 valence electrons. The number of carboxylic acid groups (broad SMARTS) is 2. The molecule has 2 atom stereocenters. The third-order valence-electron chi connectivity index (χ3n) is 2.59. The molecule has 0 fully saturated rings.